The first kappa shape index (κ1) is 10.4. The van der Waals surface area contributed by atoms with Crippen molar-refractivity contribution >= 4 is 16.6 Å². The minimum atomic E-state index is 0.322. The van der Waals surface area contributed by atoms with E-state index < -0.39 is 0 Å². The third-order valence-corrected chi connectivity index (χ3v) is 3.34. The van der Waals surface area contributed by atoms with E-state index in [0.29, 0.717) is 11.8 Å². The number of para-hydroxylation sites is 1. The topological polar surface area (TPSA) is 48.1 Å². The third-order valence-electron chi connectivity index (χ3n) is 3.34. The van der Waals surface area contributed by atoms with Gasteiger partial charge in [0.05, 0.1) is 23.5 Å². The molecule has 1 aromatic heterocycles. The number of nitrogens with zero attached hydrogens (tertiary/aromatic N) is 1. The summed E-state index contributed by atoms with van der Waals surface area (Å²) in [6, 6.07) is 7.97. The van der Waals surface area contributed by atoms with E-state index in [2.05, 4.69) is 4.98 Å². The molecule has 2 N–H and O–H groups in total. The van der Waals surface area contributed by atoms with Gasteiger partial charge < -0.3 is 10.5 Å². The lowest BCUT2D eigenvalue weighted by atomic mass is 10.2. The summed E-state index contributed by atoms with van der Waals surface area (Å²) in [4.78, 5) is 4.31. The molecule has 3 rings (SSSR count). The Morgan fingerprint density at radius 3 is 2.76 bits per heavy atom. The van der Waals surface area contributed by atoms with Gasteiger partial charge in [0.25, 0.3) is 0 Å². The molecule has 0 radical (unpaired) electrons. The van der Waals surface area contributed by atoms with Crippen molar-refractivity contribution in [2.24, 2.45) is 0 Å². The molecule has 0 amide bonds. The molecule has 1 aromatic carbocycles. The third kappa shape index (κ3) is 1.93. The van der Waals surface area contributed by atoms with Gasteiger partial charge in [0.2, 0.25) is 0 Å². The van der Waals surface area contributed by atoms with Gasteiger partial charge in [0, 0.05) is 5.39 Å². The van der Waals surface area contributed by atoms with Crippen LogP contribution in [-0.4, -0.2) is 11.1 Å². The number of hydrogen-bond acceptors (Lipinski definition) is 3. The van der Waals surface area contributed by atoms with E-state index in [4.69, 9.17) is 10.5 Å². The van der Waals surface area contributed by atoms with Crippen LogP contribution < -0.4 is 10.5 Å². The van der Waals surface area contributed by atoms with Crippen LogP contribution in [0.1, 0.15) is 25.7 Å². The highest BCUT2D eigenvalue weighted by Crippen LogP contribution is 2.33. The predicted molar refractivity (Wildman–Crippen MR) is 69.0 cm³/mol. The van der Waals surface area contributed by atoms with Crippen LogP contribution >= 0.6 is 0 Å². The highest BCUT2D eigenvalue weighted by Gasteiger charge is 2.19. The van der Waals surface area contributed by atoms with Crippen LogP contribution in [0.4, 0.5) is 5.69 Å². The van der Waals surface area contributed by atoms with Gasteiger partial charge in [-0.15, -0.1) is 0 Å². The monoisotopic (exact) mass is 228 g/mol. The van der Waals surface area contributed by atoms with Crippen molar-refractivity contribution < 1.29 is 4.74 Å². The molecule has 0 saturated heterocycles. The summed E-state index contributed by atoms with van der Waals surface area (Å²) in [5, 5.41) is 1.01. The van der Waals surface area contributed by atoms with Crippen LogP contribution in [0.25, 0.3) is 10.9 Å². The zero-order valence-electron chi connectivity index (χ0n) is 9.73. The van der Waals surface area contributed by atoms with Gasteiger partial charge in [0.15, 0.2) is 5.75 Å². The summed E-state index contributed by atoms with van der Waals surface area (Å²) in [7, 11) is 0. The van der Waals surface area contributed by atoms with Crippen LogP contribution in [0.15, 0.2) is 30.5 Å². The lowest BCUT2D eigenvalue weighted by molar-refractivity contribution is 0.214. The lowest BCUT2D eigenvalue weighted by Crippen LogP contribution is -2.12. The van der Waals surface area contributed by atoms with Crippen molar-refractivity contribution in [3.05, 3.63) is 30.5 Å². The molecule has 0 atom stereocenters. The number of nitrogen functional groups attached to an aromatic ring is 1. The summed E-state index contributed by atoms with van der Waals surface area (Å²) >= 11 is 0. The summed E-state index contributed by atoms with van der Waals surface area (Å²) < 4.78 is 6.05. The molecule has 17 heavy (non-hydrogen) atoms. The van der Waals surface area contributed by atoms with Gasteiger partial charge in [-0.1, -0.05) is 12.1 Å². The number of hydrogen-bond donors (Lipinski definition) is 1. The first-order valence-corrected chi connectivity index (χ1v) is 6.14. The number of rotatable bonds is 2. The van der Waals surface area contributed by atoms with Crippen molar-refractivity contribution in [2.45, 2.75) is 31.8 Å². The molecule has 2 aromatic rings. The second-order valence-electron chi connectivity index (χ2n) is 4.58. The molecule has 0 unspecified atom stereocenters. The normalized spacial score (nSPS) is 16.5. The predicted octanol–water partition coefficient (Wildman–Crippen LogP) is 3.14. The highest BCUT2D eigenvalue weighted by atomic mass is 16.5. The van der Waals surface area contributed by atoms with E-state index in [1.807, 2.05) is 24.3 Å². The van der Waals surface area contributed by atoms with E-state index >= 15 is 0 Å². The van der Waals surface area contributed by atoms with Gasteiger partial charge in [-0.05, 0) is 37.8 Å². The molecule has 3 nitrogen and oxygen atoms in total. The number of benzene rings is 1. The van der Waals surface area contributed by atoms with Crippen LogP contribution in [-0.2, 0) is 0 Å². The van der Waals surface area contributed by atoms with Gasteiger partial charge in [-0.25, -0.2) is 0 Å². The molecule has 0 spiro atoms. The molecule has 1 aliphatic carbocycles. The molecule has 1 heterocycles. The Labute approximate surface area is 101 Å². The Hall–Kier alpha value is -1.77. The first-order chi connectivity index (χ1) is 8.34. The number of aromatic nitrogens is 1. The Balaban J connectivity index is 2.03. The number of anilines is 1. The number of pyridine rings is 1. The SMILES string of the molecule is Nc1cnc2ccccc2c1OC1CCCC1. The van der Waals surface area contributed by atoms with E-state index in [9.17, 15) is 0 Å². The second-order valence-corrected chi connectivity index (χ2v) is 4.58. The smallest absolute Gasteiger partial charge is 0.153 e. The number of nitrogens with two attached hydrogens (primary N) is 1. The molecule has 0 bridgehead atoms. The molecular formula is C14H16N2O. The Bertz CT molecular complexity index is 533. The standard InChI is InChI=1S/C14H16N2O/c15-12-9-16-13-8-4-3-7-11(13)14(12)17-10-5-1-2-6-10/h3-4,7-10H,1-2,5-6,15H2. The maximum Gasteiger partial charge on any atom is 0.153 e. The first-order valence-electron chi connectivity index (χ1n) is 6.14. The average Bonchev–Trinajstić information content (AvgIpc) is 2.86. The van der Waals surface area contributed by atoms with Crippen LogP contribution in [0.3, 0.4) is 0 Å². The number of fused-ring (bicyclic) bond motifs is 1. The van der Waals surface area contributed by atoms with E-state index in [0.717, 1.165) is 29.5 Å². The second kappa shape index (κ2) is 4.24. The van der Waals surface area contributed by atoms with E-state index in [1.165, 1.54) is 12.8 Å². The van der Waals surface area contributed by atoms with Crippen molar-refractivity contribution in [1.29, 1.82) is 0 Å². The maximum absolute atomic E-state index is 6.05. The fraction of sp³-hybridized carbons (Fsp3) is 0.357. The van der Waals surface area contributed by atoms with Crippen molar-refractivity contribution in [1.82, 2.24) is 4.98 Å². The van der Waals surface area contributed by atoms with Gasteiger partial charge in [-0.2, -0.15) is 0 Å². The molecule has 0 aliphatic heterocycles. The van der Waals surface area contributed by atoms with E-state index in [-0.39, 0.29) is 0 Å². The Morgan fingerprint density at radius 2 is 1.94 bits per heavy atom. The molecule has 1 fully saturated rings. The fourth-order valence-corrected chi connectivity index (χ4v) is 2.44. The number of ether oxygens (including phenoxy) is 1. The quantitative estimate of drug-likeness (QED) is 0.859. The minimum absolute atomic E-state index is 0.322. The minimum Gasteiger partial charge on any atom is -0.487 e. The summed E-state index contributed by atoms with van der Waals surface area (Å²) in [5.41, 5.74) is 7.55. The van der Waals surface area contributed by atoms with E-state index in [1.54, 1.807) is 6.20 Å². The average molecular weight is 228 g/mol. The van der Waals surface area contributed by atoms with Gasteiger partial charge in [-0.3, -0.25) is 4.98 Å². The van der Waals surface area contributed by atoms with Crippen molar-refractivity contribution in [3.63, 3.8) is 0 Å². The van der Waals surface area contributed by atoms with Crippen LogP contribution in [0.5, 0.6) is 5.75 Å². The molecule has 1 saturated carbocycles. The summed E-state index contributed by atoms with van der Waals surface area (Å²) in [6.45, 7) is 0. The summed E-state index contributed by atoms with van der Waals surface area (Å²) in [5.74, 6) is 0.808. The maximum atomic E-state index is 6.05. The Morgan fingerprint density at radius 1 is 1.18 bits per heavy atom. The van der Waals surface area contributed by atoms with Crippen LogP contribution in [0, 0.1) is 0 Å². The molecule has 3 heteroatoms. The fourth-order valence-electron chi connectivity index (χ4n) is 2.44. The zero-order chi connectivity index (χ0) is 11.7. The Kier molecular flexibility index (Phi) is 2.59. The molecule has 1 aliphatic rings. The van der Waals surface area contributed by atoms with Crippen molar-refractivity contribution in [2.75, 3.05) is 5.73 Å². The largest absolute Gasteiger partial charge is 0.487 e. The van der Waals surface area contributed by atoms with Crippen LogP contribution in [0.2, 0.25) is 0 Å². The van der Waals surface area contributed by atoms with Gasteiger partial charge >= 0.3 is 0 Å². The van der Waals surface area contributed by atoms with Gasteiger partial charge in [0.1, 0.15) is 0 Å². The molecule has 88 valence electrons. The highest BCUT2D eigenvalue weighted by molar-refractivity contribution is 5.89. The zero-order valence-corrected chi connectivity index (χ0v) is 9.73. The van der Waals surface area contributed by atoms with Crippen molar-refractivity contribution in [3.8, 4) is 5.75 Å². The summed E-state index contributed by atoms with van der Waals surface area (Å²) in [6.07, 6.45) is 6.79. The lowest BCUT2D eigenvalue weighted by Gasteiger charge is -2.16. The molecular weight excluding hydrogens is 212 g/mol.